The summed E-state index contributed by atoms with van der Waals surface area (Å²) in [7, 11) is 0. The van der Waals surface area contributed by atoms with Crippen LogP contribution < -0.4 is 15.2 Å². The number of ether oxygens (including phenoxy) is 2. The number of fused-ring (bicyclic) bond motifs is 1. The van der Waals surface area contributed by atoms with Crippen LogP contribution in [-0.4, -0.2) is 19.3 Å². The van der Waals surface area contributed by atoms with Crippen LogP contribution in [-0.2, 0) is 0 Å². The number of benzene rings is 1. The Hall–Kier alpha value is -1.22. The van der Waals surface area contributed by atoms with Crippen LogP contribution in [0.3, 0.4) is 0 Å². The lowest BCUT2D eigenvalue weighted by atomic mass is 10.2. The van der Waals surface area contributed by atoms with E-state index in [1.54, 1.807) is 0 Å². The highest BCUT2D eigenvalue weighted by Gasteiger charge is 2.18. The number of rotatable bonds is 1. The Morgan fingerprint density at radius 3 is 2.83 bits per heavy atom. The summed E-state index contributed by atoms with van der Waals surface area (Å²) in [6.07, 6.45) is -0.0000926. The van der Waals surface area contributed by atoms with Gasteiger partial charge in [0.25, 0.3) is 0 Å². The molecule has 0 amide bonds. The van der Waals surface area contributed by atoms with Crippen LogP contribution in [0.1, 0.15) is 0 Å². The van der Waals surface area contributed by atoms with Gasteiger partial charge in [0, 0.05) is 6.54 Å². The summed E-state index contributed by atoms with van der Waals surface area (Å²) in [4.78, 5) is 0. The fraction of sp³-hybridized carbons (Fsp3) is 0.333. The monoisotopic (exact) mass is 165 g/mol. The van der Waals surface area contributed by atoms with E-state index in [2.05, 4.69) is 0 Å². The summed E-state index contributed by atoms with van der Waals surface area (Å²) < 4.78 is 11.0. The van der Waals surface area contributed by atoms with E-state index >= 15 is 0 Å². The van der Waals surface area contributed by atoms with Gasteiger partial charge in [-0.25, -0.2) is 0 Å². The molecule has 1 aliphatic rings. The molecule has 0 aliphatic carbocycles. The Morgan fingerprint density at radius 2 is 2.08 bits per heavy atom. The summed E-state index contributed by atoms with van der Waals surface area (Å²) in [5, 5.41) is 0. The van der Waals surface area contributed by atoms with Gasteiger partial charge in [-0.2, -0.15) is 0 Å². The number of hydrogen-bond donors (Lipinski definition) is 1. The van der Waals surface area contributed by atoms with Crippen molar-refractivity contribution in [3.8, 4) is 11.5 Å². The molecule has 0 bridgehead atoms. The average Bonchev–Trinajstić information content (AvgIpc) is 2.17. The molecule has 1 aliphatic heterocycles. The first-order chi connectivity index (χ1) is 5.90. The van der Waals surface area contributed by atoms with Crippen molar-refractivity contribution in [2.45, 2.75) is 6.10 Å². The standard InChI is InChI=1S/C9H11NO2/c10-5-7-6-11-8-3-1-2-4-9(8)12-7/h1-4,7H,5-6,10H2/t7-/m1/s1. The van der Waals surface area contributed by atoms with Gasteiger partial charge in [0.2, 0.25) is 0 Å². The van der Waals surface area contributed by atoms with Crippen molar-refractivity contribution in [3.63, 3.8) is 0 Å². The van der Waals surface area contributed by atoms with Crippen LogP contribution in [0, 0.1) is 0 Å². The third-order valence-corrected chi connectivity index (χ3v) is 1.83. The molecule has 1 aromatic carbocycles. The van der Waals surface area contributed by atoms with Gasteiger partial charge in [-0.15, -0.1) is 0 Å². The highest BCUT2D eigenvalue weighted by Crippen LogP contribution is 2.30. The lowest BCUT2D eigenvalue weighted by molar-refractivity contribution is 0.0969. The summed E-state index contributed by atoms with van der Waals surface area (Å²) in [6.45, 7) is 1.04. The molecule has 0 unspecified atom stereocenters. The van der Waals surface area contributed by atoms with Crippen molar-refractivity contribution in [2.75, 3.05) is 13.2 Å². The first-order valence-corrected chi connectivity index (χ1v) is 3.98. The highest BCUT2D eigenvalue weighted by molar-refractivity contribution is 5.40. The maximum absolute atomic E-state index is 5.53. The van der Waals surface area contributed by atoms with Crippen LogP contribution in [0.2, 0.25) is 0 Å². The molecule has 1 aromatic rings. The topological polar surface area (TPSA) is 44.5 Å². The molecule has 1 heterocycles. The average molecular weight is 165 g/mol. The number of para-hydroxylation sites is 2. The first kappa shape index (κ1) is 7.43. The molecule has 0 saturated heterocycles. The number of nitrogens with two attached hydrogens (primary N) is 1. The highest BCUT2D eigenvalue weighted by atomic mass is 16.6. The van der Waals surface area contributed by atoms with Gasteiger partial charge >= 0.3 is 0 Å². The predicted octanol–water partition coefficient (Wildman–Crippen LogP) is 0.785. The van der Waals surface area contributed by atoms with E-state index in [0.717, 1.165) is 11.5 Å². The molecule has 0 saturated carbocycles. The molecule has 2 N–H and O–H groups in total. The third kappa shape index (κ3) is 1.23. The van der Waals surface area contributed by atoms with Crippen molar-refractivity contribution in [3.05, 3.63) is 24.3 Å². The van der Waals surface area contributed by atoms with E-state index in [1.165, 1.54) is 0 Å². The molecular weight excluding hydrogens is 154 g/mol. The molecule has 3 heteroatoms. The van der Waals surface area contributed by atoms with E-state index in [1.807, 2.05) is 24.3 Å². The zero-order chi connectivity index (χ0) is 8.39. The zero-order valence-corrected chi connectivity index (χ0v) is 6.69. The largest absolute Gasteiger partial charge is 0.486 e. The second kappa shape index (κ2) is 3.03. The fourth-order valence-corrected chi connectivity index (χ4v) is 1.18. The molecule has 1 atom stereocenters. The molecule has 3 nitrogen and oxygen atoms in total. The van der Waals surface area contributed by atoms with E-state index < -0.39 is 0 Å². The van der Waals surface area contributed by atoms with Crippen molar-refractivity contribution in [1.29, 1.82) is 0 Å². The molecule has 2 rings (SSSR count). The van der Waals surface area contributed by atoms with Crippen molar-refractivity contribution < 1.29 is 9.47 Å². The zero-order valence-electron chi connectivity index (χ0n) is 6.69. The van der Waals surface area contributed by atoms with Crippen LogP contribution in [0.4, 0.5) is 0 Å². The van der Waals surface area contributed by atoms with Crippen LogP contribution in [0.25, 0.3) is 0 Å². The predicted molar refractivity (Wildman–Crippen MR) is 45.4 cm³/mol. The maximum atomic E-state index is 5.53. The van der Waals surface area contributed by atoms with E-state index in [9.17, 15) is 0 Å². The maximum Gasteiger partial charge on any atom is 0.161 e. The first-order valence-electron chi connectivity index (χ1n) is 3.98. The molecule has 0 radical (unpaired) electrons. The van der Waals surface area contributed by atoms with E-state index in [-0.39, 0.29) is 6.10 Å². The summed E-state index contributed by atoms with van der Waals surface area (Å²) >= 11 is 0. The Balaban J connectivity index is 2.23. The third-order valence-electron chi connectivity index (χ3n) is 1.83. The molecule has 0 fully saturated rings. The smallest absolute Gasteiger partial charge is 0.161 e. The summed E-state index contributed by atoms with van der Waals surface area (Å²) in [5.74, 6) is 1.60. The van der Waals surface area contributed by atoms with Gasteiger partial charge in [0.1, 0.15) is 12.7 Å². The van der Waals surface area contributed by atoms with Crippen LogP contribution >= 0.6 is 0 Å². The van der Waals surface area contributed by atoms with Crippen molar-refractivity contribution >= 4 is 0 Å². The van der Waals surface area contributed by atoms with Crippen molar-refractivity contribution in [2.24, 2.45) is 5.73 Å². The summed E-state index contributed by atoms with van der Waals surface area (Å²) in [6, 6.07) is 7.62. The van der Waals surface area contributed by atoms with E-state index in [0.29, 0.717) is 13.2 Å². The Bertz CT molecular complexity index is 275. The second-order valence-electron chi connectivity index (χ2n) is 2.73. The van der Waals surface area contributed by atoms with Gasteiger partial charge in [0.15, 0.2) is 11.5 Å². The quantitative estimate of drug-likeness (QED) is 0.669. The lowest BCUT2D eigenvalue weighted by Gasteiger charge is -2.25. The van der Waals surface area contributed by atoms with Gasteiger partial charge in [-0.3, -0.25) is 0 Å². The minimum Gasteiger partial charge on any atom is -0.486 e. The van der Waals surface area contributed by atoms with Gasteiger partial charge < -0.3 is 15.2 Å². The van der Waals surface area contributed by atoms with Gasteiger partial charge in [-0.05, 0) is 12.1 Å². The molecule has 0 spiro atoms. The Morgan fingerprint density at radius 1 is 1.33 bits per heavy atom. The van der Waals surface area contributed by atoms with Gasteiger partial charge in [0.05, 0.1) is 0 Å². The normalized spacial score (nSPS) is 20.6. The minimum atomic E-state index is -0.0000926. The van der Waals surface area contributed by atoms with E-state index in [4.69, 9.17) is 15.2 Å². The van der Waals surface area contributed by atoms with Gasteiger partial charge in [-0.1, -0.05) is 12.1 Å². The molecule has 0 aromatic heterocycles. The molecular formula is C9H11NO2. The SMILES string of the molecule is NC[C@@H]1COc2ccccc2O1. The Kier molecular flexibility index (Phi) is 1.87. The fourth-order valence-electron chi connectivity index (χ4n) is 1.18. The van der Waals surface area contributed by atoms with Crippen LogP contribution in [0.5, 0.6) is 11.5 Å². The lowest BCUT2D eigenvalue weighted by Crippen LogP contribution is -2.35. The molecule has 12 heavy (non-hydrogen) atoms. The number of hydrogen-bond acceptors (Lipinski definition) is 3. The minimum absolute atomic E-state index is 0.0000926. The summed E-state index contributed by atoms with van der Waals surface area (Å²) in [5.41, 5.74) is 5.46. The van der Waals surface area contributed by atoms with Crippen LogP contribution in [0.15, 0.2) is 24.3 Å². The van der Waals surface area contributed by atoms with Crippen molar-refractivity contribution in [1.82, 2.24) is 0 Å². The molecule has 64 valence electrons. The second-order valence-corrected chi connectivity index (χ2v) is 2.73. The Labute approximate surface area is 71.1 Å².